The third-order valence-electron chi connectivity index (χ3n) is 3.82. The standard InChI is InChI=1S/C18H20N2O3/c1-13(14-5-3-2-4-6-14)20-18(21)15-7-9-19-17(11-15)23-16-8-10-22-12-16/h2-7,9,11,13,16H,8,10,12H2,1H3,(H,20,21). The van der Waals surface area contributed by atoms with Crippen LogP contribution in [-0.4, -0.2) is 30.2 Å². The summed E-state index contributed by atoms with van der Waals surface area (Å²) in [4.78, 5) is 16.6. The zero-order valence-electron chi connectivity index (χ0n) is 13.1. The SMILES string of the molecule is CC(NC(=O)c1ccnc(OC2CCOC2)c1)c1ccccc1. The zero-order chi connectivity index (χ0) is 16.1. The second-order valence-corrected chi connectivity index (χ2v) is 5.59. The lowest BCUT2D eigenvalue weighted by Gasteiger charge is -2.15. The first-order valence-electron chi connectivity index (χ1n) is 7.78. The monoisotopic (exact) mass is 312 g/mol. The van der Waals surface area contributed by atoms with Crippen molar-refractivity contribution in [3.8, 4) is 5.88 Å². The zero-order valence-corrected chi connectivity index (χ0v) is 13.1. The van der Waals surface area contributed by atoms with Crippen LogP contribution in [0.3, 0.4) is 0 Å². The largest absolute Gasteiger partial charge is 0.472 e. The van der Waals surface area contributed by atoms with Gasteiger partial charge in [-0.1, -0.05) is 30.3 Å². The fourth-order valence-electron chi connectivity index (χ4n) is 2.50. The van der Waals surface area contributed by atoms with Gasteiger partial charge >= 0.3 is 0 Å². The minimum atomic E-state index is -0.142. The number of carbonyl (C=O) groups excluding carboxylic acids is 1. The highest BCUT2D eigenvalue weighted by atomic mass is 16.5. The summed E-state index contributed by atoms with van der Waals surface area (Å²) in [5.41, 5.74) is 1.60. The van der Waals surface area contributed by atoms with E-state index in [1.807, 2.05) is 37.3 Å². The Balaban J connectivity index is 1.65. The average Bonchev–Trinajstić information content (AvgIpc) is 3.09. The van der Waals surface area contributed by atoms with Crippen LogP contribution < -0.4 is 10.1 Å². The van der Waals surface area contributed by atoms with E-state index in [1.54, 1.807) is 18.3 Å². The lowest BCUT2D eigenvalue weighted by atomic mass is 10.1. The maximum Gasteiger partial charge on any atom is 0.252 e. The fraction of sp³-hybridized carbons (Fsp3) is 0.333. The molecule has 1 aliphatic heterocycles. The molecule has 1 aliphatic rings. The van der Waals surface area contributed by atoms with Gasteiger partial charge in [0.25, 0.3) is 5.91 Å². The first-order valence-corrected chi connectivity index (χ1v) is 7.78. The third kappa shape index (κ3) is 4.07. The molecule has 5 nitrogen and oxygen atoms in total. The normalized spacial score (nSPS) is 18.4. The summed E-state index contributed by atoms with van der Waals surface area (Å²) in [6, 6.07) is 13.1. The lowest BCUT2D eigenvalue weighted by Crippen LogP contribution is -2.26. The Kier molecular flexibility index (Phi) is 4.88. The van der Waals surface area contributed by atoms with E-state index in [-0.39, 0.29) is 18.1 Å². The van der Waals surface area contributed by atoms with Gasteiger partial charge in [0.2, 0.25) is 5.88 Å². The van der Waals surface area contributed by atoms with Gasteiger partial charge in [0.05, 0.1) is 19.3 Å². The van der Waals surface area contributed by atoms with Crippen LogP contribution in [0.1, 0.15) is 35.3 Å². The summed E-state index contributed by atoms with van der Waals surface area (Å²) in [6.45, 7) is 3.24. The van der Waals surface area contributed by atoms with E-state index < -0.39 is 0 Å². The molecular weight excluding hydrogens is 292 g/mol. The molecule has 1 aromatic heterocycles. The number of amides is 1. The van der Waals surface area contributed by atoms with E-state index >= 15 is 0 Å². The molecule has 3 rings (SSSR count). The molecule has 23 heavy (non-hydrogen) atoms. The highest BCUT2D eigenvalue weighted by Gasteiger charge is 2.18. The van der Waals surface area contributed by atoms with Crippen molar-refractivity contribution >= 4 is 5.91 Å². The molecular formula is C18H20N2O3. The van der Waals surface area contributed by atoms with Gasteiger partial charge in [-0.25, -0.2) is 4.98 Å². The third-order valence-corrected chi connectivity index (χ3v) is 3.82. The highest BCUT2D eigenvalue weighted by Crippen LogP contribution is 2.17. The van der Waals surface area contributed by atoms with E-state index in [0.717, 1.165) is 12.0 Å². The van der Waals surface area contributed by atoms with Crippen molar-refractivity contribution < 1.29 is 14.3 Å². The predicted octanol–water partition coefficient (Wildman–Crippen LogP) is 2.74. The Morgan fingerprint density at radius 3 is 2.91 bits per heavy atom. The van der Waals surface area contributed by atoms with Gasteiger partial charge in [-0.2, -0.15) is 0 Å². The van der Waals surface area contributed by atoms with Gasteiger partial charge in [0.15, 0.2) is 0 Å². The van der Waals surface area contributed by atoms with Crippen LogP contribution in [0, 0.1) is 0 Å². The van der Waals surface area contributed by atoms with Crippen molar-refractivity contribution in [1.82, 2.24) is 10.3 Å². The summed E-state index contributed by atoms with van der Waals surface area (Å²) in [7, 11) is 0. The number of carbonyl (C=O) groups is 1. The lowest BCUT2D eigenvalue weighted by molar-refractivity contribution is 0.0938. The van der Waals surface area contributed by atoms with Gasteiger partial charge in [-0.05, 0) is 18.6 Å². The fourth-order valence-corrected chi connectivity index (χ4v) is 2.50. The van der Waals surface area contributed by atoms with Crippen molar-refractivity contribution in [2.24, 2.45) is 0 Å². The van der Waals surface area contributed by atoms with Crippen molar-refractivity contribution in [1.29, 1.82) is 0 Å². The maximum absolute atomic E-state index is 12.4. The van der Waals surface area contributed by atoms with Crippen LogP contribution in [0.15, 0.2) is 48.7 Å². The molecule has 5 heteroatoms. The molecule has 1 N–H and O–H groups in total. The van der Waals surface area contributed by atoms with Crippen LogP contribution in [0.2, 0.25) is 0 Å². The van der Waals surface area contributed by atoms with Crippen molar-refractivity contribution in [2.45, 2.75) is 25.5 Å². The Hall–Kier alpha value is -2.40. The first-order chi connectivity index (χ1) is 11.2. The van der Waals surface area contributed by atoms with Crippen molar-refractivity contribution in [3.05, 3.63) is 59.8 Å². The second-order valence-electron chi connectivity index (χ2n) is 5.59. The minimum absolute atomic E-state index is 0.0176. The van der Waals surface area contributed by atoms with E-state index in [0.29, 0.717) is 24.7 Å². The number of pyridine rings is 1. The molecule has 120 valence electrons. The molecule has 1 amide bonds. The maximum atomic E-state index is 12.4. The van der Waals surface area contributed by atoms with Crippen LogP contribution in [-0.2, 0) is 4.74 Å². The number of nitrogens with zero attached hydrogens (tertiary/aromatic N) is 1. The molecule has 2 aromatic rings. The number of benzene rings is 1. The molecule has 2 unspecified atom stereocenters. The molecule has 0 saturated carbocycles. The summed E-state index contributed by atoms with van der Waals surface area (Å²) in [5, 5.41) is 2.99. The van der Waals surface area contributed by atoms with Crippen molar-refractivity contribution in [2.75, 3.05) is 13.2 Å². The smallest absolute Gasteiger partial charge is 0.252 e. The quantitative estimate of drug-likeness (QED) is 0.922. The molecule has 0 spiro atoms. The Bertz CT molecular complexity index is 654. The summed E-state index contributed by atoms with van der Waals surface area (Å²) in [5.74, 6) is 0.316. The number of nitrogens with one attached hydrogen (secondary N) is 1. The van der Waals surface area contributed by atoms with Crippen LogP contribution in [0.5, 0.6) is 5.88 Å². The van der Waals surface area contributed by atoms with Crippen molar-refractivity contribution in [3.63, 3.8) is 0 Å². The Morgan fingerprint density at radius 1 is 1.35 bits per heavy atom. The van der Waals surface area contributed by atoms with Gasteiger partial charge in [-0.15, -0.1) is 0 Å². The van der Waals surface area contributed by atoms with Crippen LogP contribution >= 0.6 is 0 Å². The topological polar surface area (TPSA) is 60.5 Å². The first kappa shape index (κ1) is 15.5. The molecule has 1 saturated heterocycles. The van der Waals surface area contributed by atoms with Gasteiger partial charge < -0.3 is 14.8 Å². The molecule has 0 radical (unpaired) electrons. The number of ether oxygens (including phenoxy) is 2. The number of hydrogen-bond acceptors (Lipinski definition) is 4. The van der Waals surface area contributed by atoms with Gasteiger partial charge in [0.1, 0.15) is 6.10 Å². The van der Waals surface area contributed by atoms with E-state index in [2.05, 4.69) is 10.3 Å². The van der Waals surface area contributed by atoms with Crippen LogP contribution in [0.25, 0.3) is 0 Å². The number of aromatic nitrogens is 1. The minimum Gasteiger partial charge on any atom is -0.472 e. The molecule has 2 atom stereocenters. The van der Waals surface area contributed by atoms with E-state index in [9.17, 15) is 4.79 Å². The van der Waals surface area contributed by atoms with Gasteiger partial charge in [-0.3, -0.25) is 4.79 Å². The predicted molar refractivity (Wildman–Crippen MR) is 86.4 cm³/mol. The average molecular weight is 312 g/mol. The van der Waals surface area contributed by atoms with E-state index in [1.165, 1.54) is 0 Å². The van der Waals surface area contributed by atoms with E-state index in [4.69, 9.17) is 9.47 Å². The molecule has 1 fully saturated rings. The molecule has 0 bridgehead atoms. The second kappa shape index (κ2) is 7.24. The number of hydrogen-bond donors (Lipinski definition) is 1. The summed E-state index contributed by atoms with van der Waals surface area (Å²) in [6.07, 6.45) is 2.46. The Labute approximate surface area is 135 Å². The van der Waals surface area contributed by atoms with Gasteiger partial charge in [0, 0.05) is 24.2 Å². The Morgan fingerprint density at radius 2 is 2.17 bits per heavy atom. The highest BCUT2D eigenvalue weighted by molar-refractivity contribution is 5.94. The number of rotatable bonds is 5. The molecule has 0 aliphatic carbocycles. The molecule has 1 aromatic carbocycles. The molecule has 2 heterocycles. The summed E-state index contributed by atoms with van der Waals surface area (Å²) < 4.78 is 11.0. The summed E-state index contributed by atoms with van der Waals surface area (Å²) >= 11 is 0. The van der Waals surface area contributed by atoms with Crippen LogP contribution in [0.4, 0.5) is 0 Å².